The molecule has 0 aromatic rings. The third-order valence-corrected chi connectivity index (χ3v) is 3.03. The lowest BCUT2D eigenvalue weighted by Crippen LogP contribution is -2.29. The summed E-state index contributed by atoms with van der Waals surface area (Å²) in [5.41, 5.74) is 0. The third kappa shape index (κ3) is 2.44. The fraction of sp³-hybridized carbons (Fsp3) is 0.900. The van der Waals surface area contributed by atoms with E-state index in [1.54, 1.807) is 0 Å². The molecule has 2 rings (SSSR count). The minimum absolute atomic E-state index is 0.122. The van der Waals surface area contributed by atoms with Gasteiger partial charge in [-0.2, -0.15) is 0 Å². The van der Waals surface area contributed by atoms with Crippen LogP contribution in [0.5, 0.6) is 0 Å². The average molecular weight is 183 g/mol. The molecule has 0 bridgehead atoms. The predicted octanol–water partition coefficient (Wildman–Crippen LogP) is 0.674. The van der Waals surface area contributed by atoms with Crippen molar-refractivity contribution in [2.24, 2.45) is 11.8 Å². The number of rotatable bonds is 3. The second-order valence-corrected chi connectivity index (χ2v) is 4.35. The molecular formula is C10H17NO2. The molecule has 3 nitrogen and oxygen atoms in total. The number of carbonyl (C=O) groups excluding carboxylic acids is 1. The van der Waals surface area contributed by atoms with Crippen LogP contribution in [0.4, 0.5) is 0 Å². The van der Waals surface area contributed by atoms with Crippen molar-refractivity contribution in [3.05, 3.63) is 0 Å². The van der Waals surface area contributed by atoms with Gasteiger partial charge in [0.05, 0.1) is 6.10 Å². The van der Waals surface area contributed by atoms with Gasteiger partial charge in [-0.3, -0.25) is 4.79 Å². The first-order chi connectivity index (χ1) is 6.25. The molecule has 0 aliphatic heterocycles. The Labute approximate surface area is 78.5 Å². The molecule has 2 unspecified atom stereocenters. The highest BCUT2D eigenvalue weighted by Crippen LogP contribution is 2.29. The standard InChI is InChI=1S/C10H17NO2/c12-9-4-1-7(5-9)6-11-10(13)8-2-3-8/h7-9,12H,1-6H2,(H,11,13). The Morgan fingerprint density at radius 2 is 2.08 bits per heavy atom. The van der Waals surface area contributed by atoms with E-state index in [1.165, 1.54) is 0 Å². The molecular weight excluding hydrogens is 166 g/mol. The van der Waals surface area contributed by atoms with Gasteiger partial charge in [-0.05, 0) is 38.0 Å². The van der Waals surface area contributed by atoms with Crippen molar-refractivity contribution >= 4 is 5.91 Å². The van der Waals surface area contributed by atoms with E-state index >= 15 is 0 Å². The molecule has 1 amide bonds. The van der Waals surface area contributed by atoms with Crippen LogP contribution in [0.15, 0.2) is 0 Å². The lowest BCUT2D eigenvalue weighted by atomic mass is 10.1. The number of amides is 1. The molecule has 2 N–H and O–H groups in total. The third-order valence-electron chi connectivity index (χ3n) is 3.03. The number of nitrogens with one attached hydrogen (secondary N) is 1. The van der Waals surface area contributed by atoms with Crippen LogP contribution >= 0.6 is 0 Å². The maximum absolute atomic E-state index is 11.3. The molecule has 0 saturated heterocycles. The van der Waals surface area contributed by atoms with Gasteiger partial charge < -0.3 is 10.4 Å². The van der Waals surface area contributed by atoms with E-state index in [0.717, 1.165) is 38.6 Å². The zero-order valence-electron chi connectivity index (χ0n) is 7.83. The normalized spacial score (nSPS) is 33.3. The maximum atomic E-state index is 11.3. The number of hydrogen-bond donors (Lipinski definition) is 2. The van der Waals surface area contributed by atoms with Gasteiger partial charge in [0, 0.05) is 12.5 Å². The number of aliphatic hydroxyl groups excluding tert-OH is 1. The summed E-state index contributed by atoms with van der Waals surface area (Å²) in [6, 6.07) is 0. The molecule has 2 saturated carbocycles. The van der Waals surface area contributed by atoms with Gasteiger partial charge in [0.1, 0.15) is 0 Å². The highest BCUT2D eigenvalue weighted by Gasteiger charge is 2.30. The van der Waals surface area contributed by atoms with Crippen molar-refractivity contribution in [3.63, 3.8) is 0 Å². The molecule has 0 spiro atoms. The fourth-order valence-corrected chi connectivity index (χ4v) is 1.97. The summed E-state index contributed by atoms with van der Waals surface area (Å²) in [4.78, 5) is 11.3. The number of aliphatic hydroxyl groups is 1. The van der Waals surface area contributed by atoms with Gasteiger partial charge in [-0.25, -0.2) is 0 Å². The van der Waals surface area contributed by atoms with Crippen LogP contribution in [-0.2, 0) is 4.79 Å². The molecule has 2 fully saturated rings. The first-order valence-corrected chi connectivity index (χ1v) is 5.21. The van der Waals surface area contributed by atoms with Crippen LogP contribution in [0.2, 0.25) is 0 Å². The van der Waals surface area contributed by atoms with Crippen LogP contribution < -0.4 is 5.32 Å². The quantitative estimate of drug-likeness (QED) is 0.675. The van der Waals surface area contributed by atoms with Crippen molar-refractivity contribution in [1.29, 1.82) is 0 Å². The van der Waals surface area contributed by atoms with E-state index < -0.39 is 0 Å². The van der Waals surface area contributed by atoms with Gasteiger partial charge in [-0.15, -0.1) is 0 Å². The largest absolute Gasteiger partial charge is 0.393 e. The Bertz CT molecular complexity index is 201. The summed E-state index contributed by atoms with van der Waals surface area (Å²) in [7, 11) is 0. The monoisotopic (exact) mass is 183 g/mol. The van der Waals surface area contributed by atoms with Gasteiger partial charge in [0.2, 0.25) is 5.91 Å². The lowest BCUT2D eigenvalue weighted by molar-refractivity contribution is -0.122. The van der Waals surface area contributed by atoms with Crippen LogP contribution in [0.3, 0.4) is 0 Å². The van der Waals surface area contributed by atoms with E-state index in [4.69, 9.17) is 0 Å². The highest BCUT2D eigenvalue weighted by atomic mass is 16.3. The van der Waals surface area contributed by atoms with Crippen LogP contribution in [0, 0.1) is 11.8 Å². The SMILES string of the molecule is O=C(NCC1CCC(O)C1)C1CC1. The van der Waals surface area contributed by atoms with Crippen molar-refractivity contribution in [3.8, 4) is 0 Å². The van der Waals surface area contributed by atoms with Gasteiger partial charge in [0.15, 0.2) is 0 Å². The van der Waals surface area contributed by atoms with Crippen LogP contribution in [-0.4, -0.2) is 23.7 Å². The Hall–Kier alpha value is -0.570. The van der Waals surface area contributed by atoms with Crippen LogP contribution in [0.1, 0.15) is 32.1 Å². The molecule has 0 aromatic carbocycles. The molecule has 2 atom stereocenters. The summed E-state index contributed by atoms with van der Waals surface area (Å²) < 4.78 is 0. The summed E-state index contributed by atoms with van der Waals surface area (Å²) in [5.74, 6) is 1.05. The molecule has 13 heavy (non-hydrogen) atoms. The van der Waals surface area contributed by atoms with E-state index in [1.807, 2.05) is 0 Å². The minimum atomic E-state index is -0.122. The van der Waals surface area contributed by atoms with Gasteiger partial charge in [0.25, 0.3) is 0 Å². The molecule has 2 aliphatic rings. The average Bonchev–Trinajstić information content (AvgIpc) is 2.87. The minimum Gasteiger partial charge on any atom is -0.393 e. The zero-order chi connectivity index (χ0) is 9.26. The Morgan fingerprint density at radius 1 is 1.31 bits per heavy atom. The second kappa shape index (κ2) is 3.66. The molecule has 0 heterocycles. The van der Waals surface area contributed by atoms with E-state index in [-0.39, 0.29) is 12.0 Å². The molecule has 2 aliphatic carbocycles. The highest BCUT2D eigenvalue weighted by molar-refractivity contribution is 5.80. The zero-order valence-corrected chi connectivity index (χ0v) is 7.83. The van der Waals surface area contributed by atoms with Gasteiger partial charge >= 0.3 is 0 Å². The van der Waals surface area contributed by atoms with Crippen LogP contribution in [0.25, 0.3) is 0 Å². The Morgan fingerprint density at radius 3 is 2.62 bits per heavy atom. The summed E-state index contributed by atoms with van der Waals surface area (Å²) in [5, 5.41) is 12.2. The number of carbonyl (C=O) groups is 1. The van der Waals surface area contributed by atoms with Gasteiger partial charge in [-0.1, -0.05) is 0 Å². The topological polar surface area (TPSA) is 49.3 Å². The smallest absolute Gasteiger partial charge is 0.223 e. The Kier molecular flexibility index (Phi) is 2.54. The first-order valence-electron chi connectivity index (χ1n) is 5.21. The first kappa shape index (κ1) is 9.00. The van der Waals surface area contributed by atoms with E-state index in [0.29, 0.717) is 11.8 Å². The maximum Gasteiger partial charge on any atom is 0.223 e. The van der Waals surface area contributed by atoms with Crippen molar-refractivity contribution < 1.29 is 9.90 Å². The second-order valence-electron chi connectivity index (χ2n) is 4.35. The van der Waals surface area contributed by atoms with Crippen molar-refractivity contribution in [2.45, 2.75) is 38.2 Å². The molecule has 0 aromatic heterocycles. The predicted molar refractivity (Wildman–Crippen MR) is 49.1 cm³/mol. The lowest BCUT2D eigenvalue weighted by Gasteiger charge is -2.10. The Balaban J connectivity index is 1.64. The number of hydrogen-bond acceptors (Lipinski definition) is 2. The summed E-state index contributed by atoms with van der Waals surface area (Å²) >= 11 is 0. The van der Waals surface area contributed by atoms with E-state index in [9.17, 15) is 9.90 Å². The molecule has 0 radical (unpaired) electrons. The summed E-state index contributed by atoms with van der Waals surface area (Å²) in [6.45, 7) is 0.770. The molecule has 3 heteroatoms. The summed E-state index contributed by atoms with van der Waals surface area (Å²) in [6.07, 6.45) is 4.85. The van der Waals surface area contributed by atoms with E-state index in [2.05, 4.69) is 5.32 Å². The van der Waals surface area contributed by atoms with Crippen molar-refractivity contribution in [2.75, 3.05) is 6.54 Å². The van der Waals surface area contributed by atoms with Crippen molar-refractivity contribution in [1.82, 2.24) is 5.32 Å². The fourth-order valence-electron chi connectivity index (χ4n) is 1.97. The molecule has 74 valence electrons.